The first-order chi connectivity index (χ1) is 7.59. The molecule has 5 heteroatoms. The van der Waals surface area contributed by atoms with Crippen molar-refractivity contribution < 1.29 is 9.59 Å². The van der Waals surface area contributed by atoms with Crippen molar-refractivity contribution in [1.82, 2.24) is 10.7 Å². The van der Waals surface area contributed by atoms with Gasteiger partial charge in [0.2, 0.25) is 0 Å². The van der Waals surface area contributed by atoms with E-state index < -0.39 is 11.8 Å². The Balaban J connectivity index is 2.33. The number of amides is 2. The second-order valence-electron chi connectivity index (χ2n) is 4.31. The summed E-state index contributed by atoms with van der Waals surface area (Å²) in [5, 5.41) is 6.42. The van der Waals surface area contributed by atoms with Crippen molar-refractivity contribution in [2.24, 2.45) is 5.10 Å². The summed E-state index contributed by atoms with van der Waals surface area (Å²) in [6.45, 7) is 3.50. The molecule has 1 aliphatic rings. The third-order valence-electron chi connectivity index (χ3n) is 2.53. The lowest BCUT2D eigenvalue weighted by molar-refractivity contribution is -0.139. The van der Waals surface area contributed by atoms with Gasteiger partial charge in [-0.1, -0.05) is 19.3 Å². The Morgan fingerprint density at radius 3 is 2.25 bits per heavy atom. The van der Waals surface area contributed by atoms with Crippen LogP contribution in [0.1, 0.15) is 46.0 Å². The standard InChI is InChI=1S/C11H19N3O2/c1-8(2)13-14-11(16)10(15)12-9-6-4-3-5-7-9/h9H,3-7H2,1-2H3,(H,12,15)(H,14,16). The smallest absolute Gasteiger partial charge is 0.329 e. The second-order valence-corrected chi connectivity index (χ2v) is 4.31. The van der Waals surface area contributed by atoms with Crippen LogP contribution >= 0.6 is 0 Å². The van der Waals surface area contributed by atoms with Gasteiger partial charge in [0, 0.05) is 11.8 Å². The highest BCUT2D eigenvalue weighted by molar-refractivity contribution is 6.35. The normalized spacial score (nSPS) is 16.4. The van der Waals surface area contributed by atoms with E-state index >= 15 is 0 Å². The maximum absolute atomic E-state index is 11.4. The number of hydrazone groups is 1. The summed E-state index contributed by atoms with van der Waals surface area (Å²) >= 11 is 0. The van der Waals surface area contributed by atoms with Crippen LogP contribution in [-0.2, 0) is 9.59 Å². The Morgan fingerprint density at radius 2 is 1.69 bits per heavy atom. The molecule has 2 N–H and O–H groups in total. The Hall–Kier alpha value is -1.39. The Labute approximate surface area is 95.7 Å². The summed E-state index contributed by atoms with van der Waals surface area (Å²) in [6, 6.07) is 0.152. The van der Waals surface area contributed by atoms with E-state index in [2.05, 4.69) is 15.8 Å². The minimum atomic E-state index is -0.688. The second kappa shape index (κ2) is 6.25. The summed E-state index contributed by atoms with van der Waals surface area (Å²) in [7, 11) is 0. The van der Waals surface area contributed by atoms with E-state index in [9.17, 15) is 9.59 Å². The van der Waals surface area contributed by atoms with Crippen LogP contribution < -0.4 is 10.7 Å². The van der Waals surface area contributed by atoms with E-state index in [0.717, 1.165) is 25.7 Å². The Kier molecular flexibility index (Phi) is 4.95. The average molecular weight is 225 g/mol. The molecule has 0 radical (unpaired) electrons. The number of hydrogen-bond donors (Lipinski definition) is 2. The molecule has 5 nitrogen and oxygen atoms in total. The van der Waals surface area contributed by atoms with Gasteiger partial charge >= 0.3 is 11.8 Å². The predicted octanol–water partition coefficient (Wildman–Crippen LogP) is 0.947. The van der Waals surface area contributed by atoms with Gasteiger partial charge in [-0.3, -0.25) is 9.59 Å². The molecule has 0 heterocycles. The minimum absolute atomic E-state index is 0.152. The molecule has 1 fully saturated rings. The van der Waals surface area contributed by atoms with Crippen molar-refractivity contribution in [1.29, 1.82) is 0 Å². The Morgan fingerprint density at radius 1 is 1.06 bits per heavy atom. The quantitative estimate of drug-likeness (QED) is 0.417. The van der Waals surface area contributed by atoms with Gasteiger partial charge in [0.05, 0.1) is 0 Å². The number of nitrogens with zero attached hydrogens (tertiary/aromatic N) is 1. The van der Waals surface area contributed by atoms with Gasteiger partial charge in [0.15, 0.2) is 0 Å². The van der Waals surface area contributed by atoms with Crippen molar-refractivity contribution in [2.45, 2.75) is 52.0 Å². The highest BCUT2D eigenvalue weighted by Gasteiger charge is 2.19. The SMILES string of the molecule is CC(C)=NNC(=O)C(=O)NC1CCCCC1. The van der Waals surface area contributed by atoms with Crippen molar-refractivity contribution in [3.8, 4) is 0 Å². The monoisotopic (exact) mass is 225 g/mol. The summed E-state index contributed by atoms with van der Waals surface area (Å²) in [4.78, 5) is 22.7. The fourth-order valence-electron chi connectivity index (χ4n) is 1.71. The van der Waals surface area contributed by atoms with Gasteiger partial charge in [0.25, 0.3) is 0 Å². The van der Waals surface area contributed by atoms with E-state index in [0.29, 0.717) is 5.71 Å². The summed E-state index contributed by atoms with van der Waals surface area (Å²) in [6.07, 6.45) is 5.40. The molecule has 0 aromatic heterocycles. The van der Waals surface area contributed by atoms with Gasteiger partial charge in [-0.05, 0) is 26.7 Å². The van der Waals surface area contributed by atoms with Crippen LogP contribution in [-0.4, -0.2) is 23.6 Å². The van der Waals surface area contributed by atoms with Crippen molar-refractivity contribution in [3.05, 3.63) is 0 Å². The lowest BCUT2D eigenvalue weighted by atomic mass is 9.95. The highest BCUT2D eigenvalue weighted by atomic mass is 16.2. The number of hydrogen-bond acceptors (Lipinski definition) is 3. The molecule has 0 unspecified atom stereocenters. The van der Waals surface area contributed by atoms with Gasteiger partial charge in [-0.15, -0.1) is 0 Å². The molecule has 90 valence electrons. The first-order valence-electron chi connectivity index (χ1n) is 5.71. The largest absolute Gasteiger partial charge is 0.345 e. The van der Waals surface area contributed by atoms with Crippen molar-refractivity contribution >= 4 is 17.5 Å². The Bertz CT molecular complexity index is 290. The van der Waals surface area contributed by atoms with Gasteiger partial charge < -0.3 is 5.32 Å². The van der Waals surface area contributed by atoms with Crippen LogP contribution in [0, 0.1) is 0 Å². The molecule has 0 aromatic rings. The maximum Gasteiger partial charge on any atom is 0.329 e. The zero-order valence-electron chi connectivity index (χ0n) is 9.88. The molecule has 2 amide bonds. The van der Waals surface area contributed by atoms with E-state index in [1.165, 1.54) is 6.42 Å². The van der Waals surface area contributed by atoms with Gasteiger partial charge in [0.1, 0.15) is 0 Å². The molecule has 0 aliphatic heterocycles. The molecule has 0 aromatic carbocycles. The van der Waals surface area contributed by atoms with Gasteiger partial charge in [-0.25, -0.2) is 5.43 Å². The summed E-state index contributed by atoms with van der Waals surface area (Å²) in [5.41, 5.74) is 2.92. The fourth-order valence-corrected chi connectivity index (χ4v) is 1.71. The first kappa shape index (κ1) is 12.7. The topological polar surface area (TPSA) is 70.6 Å². The molecule has 16 heavy (non-hydrogen) atoms. The molecular weight excluding hydrogens is 206 g/mol. The van der Waals surface area contributed by atoms with Crippen LogP contribution in [0.15, 0.2) is 5.10 Å². The van der Waals surface area contributed by atoms with Crippen molar-refractivity contribution in [2.75, 3.05) is 0 Å². The molecule has 0 spiro atoms. The van der Waals surface area contributed by atoms with E-state index in [-0.39, 0.29) is 6.04 Å². The third-order valence-corrected chi connectivity index (χ3v) is 2.53. The minimum Gasteiger partial charge on any atom is -0.345 e. The molecule has 1 saturated carbocycles. The van der Waals surface area contributed by atoms with Crippen LogP contribution in [0.25, 0.3) is 0 Å². The summed E-state index contributed by atoms with van der Waals surface area (Å²) in [5.74, 6) is -1.27. The number of carbonyl (C=O) groups is 2. The number of nitrogens with one attached hydrogen (secondary N) is 2. The van der Waals surface area contributed by atoms with Gasteiger partial charge in [-0.2, -0.15) is 5.10 Å². The molecular formula is C11H19N3O2. The fraction of sp³-hybridized carbons (Fsp3) is 0.727. The van der Waals surface area contributed by atoms with Crippen LogP contribution in [0.3, 0.4) is 0 Å². The average Bonchev–Trinajstić information content (AvgIpc) is 2.27. The maximum atomic E-state index is 11.4. The third kappa shape index (κ3) is 4.42. The summed E-state index contributed by atoms with van der Waals surface area (Å²) < 4.78 is 0. The molecule has 0 atom stereocenters. The predicted molar refractivity (Wildman–Crippen MR) is 61.9 cm³/mol. The van der Waals surface area contributed by atoms with Crippen LogP contribution in [0.4, 0.5) is 0 Å². The van der Waals surface area contributed by atoms with E-state index in [4.69, 9.17) is 0 Å². The molecule has 1 rings (SSSR count). The van der Waals surface area contributed by atoms with Crippen LogP contribution in [0.5, 0.6) is 0 Å². The lowest BCUT2D eigenvalue weighted by Crippen LogP contribution is -2.44. The van der Waals surface area contributed by atoms with E-state index in [1.807, 2.05) is 0 Å². The molecule has 0 saturated heterocycles. The number of carbonyl (C=O) groups excluding carboxylic acids is 2. The van der Waals surface area contributed by atoms with Crippen LogP contribution in [0.2, 0.25) is 0 Å². The molecule has 0 bridgehead atoms. The lowest BCUT2D eigenvalue weighted by Gasteiger charge is -2.22. The molecule has 1 aliphatic carbocycles. The number of rotatable bonds is 2. The first-order valence-corrected chi connectivity index (χ1v) is 5.71. The highest BCUT2D eigenvalue weighted by Crippen LogP contribution is 2.17. The van der Waals surface area contributed by atoms with E-state index in [1.54, 1.807) is 13.8 Å². The zero-order chi connectivity index (χ0) is 12.0. The zero-order valence-corrected chi connectivity index (χ0v) is 9.88. The van der Waals surface area contributed by atoms with Crippen molar-refractivity contribution in [3.63, 3.8) is 0 Å².